The lowest BCUT2D eigenvalue weighted by Crippen LogP contribution is -2.13. The fourth-order valence-electron chi connectivity index (χ4n) is 1.88. The van der Waals surface area contributed by atoms with Gasteiger partial charge in [-0.05, 0) is 6.42 Å². The van der Waals surface area contributed by atoms with E-state index in [0.29, 0.717) is 17.8 Å². The Morgan fingerprint density at radius 3 is 2.33 bits per heavy atom. The molecule has 0 aromatic carbocycles. The maximum Gasteiger partial charge on any atom is 0.340 e. The molecule has 1 atom stereocenters. The highest BCUT2D eigenvalue weighted by molar-refractivity contribution is 5.99. The van der Waals surface area contributed by atoms with E-state index in [-0.39, 0.29) is 17.0 Å². The van der Waals surface area contributed by atoms with Crippen molar-refractivity contribution in [2.24, 2.45) is 0 Å². The highest BCUT2D eigenvalue weighted by Crippen LogP contribution is 2.35. The van der Waals surface area contributed by atoms with Crippen molar-refractivity contribution in [3.8, 4) is 0 Å². The zero-order valence-corrected chi connectivity index (χ0v) is 11.5. The van der Waals surface area contributed by atoms with Gasteiger partial charge in [0, 0.05) is 11.3 Å². The Balaban J connectivity index is 3.59. The van der Waals surface area contributed by atoms with E-state index in [4.69, 9.17) is 4.42 Å². The Morgan fingerprint density at radius 1 is 1.44 bits per heavy atom. The maximum atomic E-state index is 11.3. The van der Waals surface area contributed by atoms with Gasteiger partial charge in [-0.2, -0.15) is 0 Å². The third-order valence-corrected chi connectivity index (χ3v) is 3.05. The minimum Gasteiger partial charge on any atom is -0.478 e. The fraction of sp³-hybridized carbons (Fsp3) is 0.571. The van der Waals surface area contributed by atoms with Gasteiger partial charge < -0.3 is 9.52 Å². The molecule has 1 N–H and O–H groups in total. The largest absolute Gasteiger partial charge is 0.478 e. The van der Waals surface area contributed by atoms with Gasteiger partial charge in [0.1, 0.15) is 17.1 Å². The van der Waals surface area contributed by atoms with Crippen molar-refractivity contribution in [1.29, 1.82) is 0 Å². The molecule has 0 spiro atoms. The molecule has 0 amide bonds. The summed E-state index contributed by atoms with van der Waals surface area (Å²) in [5.41, 5.74) is -0.207. The zero-order chi connectivity index (χ0) is 14.1. The van der Waals surface area contributed by atoms with Crippen molar-refractivity contribution in [3.63, 3.8) is 0 Å². The predicted octanol–water partition coefficient (Wildman–Crippen LogP) is 3.60. The van der Waals surface area contributed by atoms with E-state index in [1.807, 2.05) is 34.6 Å². The van der Waals surface area contributed by atoms with Crippen molar-refractivity contribution in [2.75, 3.05) is 0 Å². The van der Waals surface area contributed by atoms with E-state index in [0.717, 1.165) is 6.42 Å². The molecule has 1 rings (SSSR count). The van der Waals surface area contributed by atoms with E-state index >= 15 is 0 Å². The Hall–Kier alpha value is -1.58. The molecule has 18 heavy (non-hydrogen) atoms. The summed E-state index contributed by atoms with van der Waals surface area (Å²) in [7, 11) is 0. The second-order valence-electron chi connectivity index (χ2n) is 5.57. The molecule has 1 aromatic heterocycles. The Morgan fingerprint density at radius 2 is 2.00 bits per heavy atom. The topological polar surface area (TPSA) is 67.5 Å². The van der Waals surface area contributed by atoms with Gasteiger partial charge in [0.25, 0.3) is 0 Å². The van der Waals surface area contributed by atoms with E-state index in [1.165, 1.54) is 0 Å². The molecular formula is C14H20O4. The van der Waals surface area contributed by atoms with Crippen LogP contribution in [0.1, 0.15) is 79.2 Å². The molecule has 0 aliphatic rings. The number of carboxylic acid groups (broad SMARTS) is 1. The van der Waals surface area contributed by atoms with E-state index in [9.17, 15) is 14.7 Å². The first-order valence-electron chi connectivity index (χ1n) is 6.09. The van der Waals surface area contributed by atoms with Gasteiger partial charge in [0.05, 0.1) is 5.56 Å². The summed E-state index contributed by atoms with van der Waals surface area (Å²) >= 11 is 0. The minimum atomic E-state index is -1.10. The van der Waals surface area contributed by atoms with Crippen LogP contribution in [0.15, 0.2) is 4.42 Å². The number of furan rings is 1. The molecule has 1 aromatic rings. The first kappa shape index (κ1) is 14.5. The Labute approximate surface area is 107 Å². The molecule has 0 radical (unpaired) electrons. The van der Waals surface area contributed by atoms with Crippen molar-refractivity contribution in [2.45, 2.75) is 52.4 Å². The lowest BCUT2D eigenvalue weighted by Gasteiger charge is -2.15. The average molecular weight is 252 g/mol. The fourth-order valence-corrected chi connectivity index (χ4v) is 1.88. The predicted molar refractivity (Wildman–Crippen MR) is 68.5 cm³/mol. The van der Waals surface area contributed by atoms with Crippen LogP contribution < -0.4 is 0 Å². The molecule has 0 aliphatic carbocycles. The van der Waals surface area contributed by atoms with Crippen LogP contribution in [0.5, 0.6) is 0 Å². The SMILES string of the molecule is CCC(C)c1oc(C(C)(C)C)c(C=O)c1C(=O)O. The molecular weight excluding hydrogens is 232 g/mol. The van der Waals surface area contributed by atoms with Crippen molar-refractivity contribution in [3.05, 3.63) is 22.6 Å². The average Bonchev–Trinajstić information content (AvgIpc) is 2.66. The molecule has 100 valence electrons. The van der Waals surface area contributed by atoms with Gasteiger partial charge >= 0.3 is 5.97 Å². The number of carbonyl (C=O) groups excluding carboxylic acids is 1. The second-order valence-corrected chi connectivity index (χ2v) is 5.57. The van der Waals surface area contributed by atoms with Crippen LogP contribution >= 0.6 is 0 Å². The normalized spacial score (nSPS) is 13.4. The summed E-state index contributed by atoms with van der Waals surface area (Å²) < 4.78 is 5.70. The summed E-state index contributed by atoms with van der Waals surface area (Å²) in [5.74, 6) is -0.278. The smallest absolute Gasteiger partial charge is 0.340 e. The molecule has 0 saturated carbocycles. The standard InChI is InChI=1S/C14H20O4/c1-6-8(2)11-10(13(16)17)9(7-15)12(18-11)14(3,4)5/h7-8H,6H2,1-5H3,(H,16,17). The monoisotopic (exact) mass is 252 g/mol. The Bertz CT molecular complexity index is 463. The van der Waals surface area contributed by atoms with Crippen LogP contribution in [0.25, 0.3) is 0 Å². The number of carbonyl (C=O) groups is 2. The molecule has 0 fully saturated rings. The molecule has 1 heterocycles. The summed E-state index contributed by atoms with van der Waals surface area (Å²) in [5, 5.41) is 9.28. The zero-order valence-electron chi connectivity index (χ0n) is 11.5. The molecule has 4 heteroatoms. The summed E-state index contributed by atoms with van der Waals surface area (Å²) in [6, 6.07) is 0. The highest BCUT2D eigenvalue weighted by atomic mass is 16.4. The quantitative estimate of drug-likeness (QED) is 0.831. The van der Waals surface area contributed by atoms with Crippen LogP contribution in [-0.4, -0.2) is 17.4 Å². The van der Waals surface area contributed by atoms with Crippen molar-refractivity contribution < 1.29 is 19.1 Å². The van der Waals surface area contributed by atoms with Crippen LogP contribution in [0.3, 0.4) is 0 Å². The first-order valence-corrected chi connectivity index (χ1v) is 6.09. The van der Waals surface area contributed by atoms with Crippen molar-refractivity contribution >= 4 is 12.3 Å². The van der Waals surface area contributed by atoms with Gasteiger partial charge in [-0.25, -0.2) is 4.79 Å². The van der Waals surface area contributed by atoms with Gasteiger partial charge in [-0.3, -0.25) is 4.79 Å². The van der Waals surface area contributed by atoms with Crippen LogP contribution in [0, 0.1) is 0 Å². The number of rotatable bonds is 4. The summed E-state index contributed by atoms with van der Waals surface area (Å²) in [6.45, 7) is 9.53. The van der Waals surface area contributed by atoms with Gasteiger partial charge in [-0.15, -0.1) is 0 Å². The van der Waals surface area contributed by atoms with Crippen LogP contribution in [-0.2, 0) is 5.41 Å². The van der Waals surface area contributed by atoms with Crippen LogP contribution in [0.4, 0.5) is 0 Å². The maximum absolute atomic E-state index is 11.3. The lowest BCUT2D eigenvalue weighted by molar-refractivity contribution is 0.0691. The number of carboxylic acids is 1. The third-order valence-electron chi connectivity index (χ3n) is 3.05. The van der Waals surface area contributed by atoms with E-state index in [2.05, 4.69) is 0 Å². The number of hydrogen-bond acceptors (Lipinski definition) is 3. The molecule has 0 saturated heterocycles. The second kappa shape index (κ2) is 4.96. The first-order chi connectivity index (χ1) is 8.23. The number of aldehydes is 1. The van der Waals surface area contributed by atoms with Gasteiger partial charge in [-0.1, -0.05) is 34.6 Å². The third kappa shape index (κ3) is 2.47. The minimum absolute atomic E-state index is 0.0178. The molecule has 0 bridgehead atoms. The molecule has 4 nitrogen and oxygen atoms in total. The van der Waals surface area contributed by atoms with E-state index in [1.54, 1.807) is 0 Å². The molecule has 0 aliphatic heterocycles. The summed E-state index contributed by atoms with van der Waals surface area (Å²) in [6.07, 6.45) is 1.34. The van der Waals surface area contributed by atoms with Gasteiger partial charge in [0.2, 0.25) is 0 Å². The summed E-state index contributed by atoms with van der Waals surface area (Å²) in [4.78, 5) is 22.5. The van der Waals surface area contributed by atoms with E-state index < -0.39 is 11.4 Å². The highest BCUT2D eigenvalue weighted by Gasteiger charge is 2.32. The lowest BCUT2D eigenvalue weighted by atomic mass is 9.89. The van der Waals surface area contributed by atoms with Crippen LogP contribution in [0.2, 0.25) is 0 Å². The molecule has 1 unspecified atom stereocenters. The Kier molecular flexibility index (Phi) is 3.99. The number of hydrogen-bond donors (Lipinski definition) is 1. The van der Waals surface area contributed by atoms with Crippen molar-refractivity contribution in [1.82, 2.24) is 0 Å². The van der Waals surface area contributed by atoms with Gasteiger partial charge in [0.15, 0.2) is 6.29 Å². The number of aromatic carboxylic acids is 1.